The molecule has 1 saturated heterocycles. The van der Waals surface area contributed by atoms with Crippen LogP contribution in [0.15, 0.2) is 41.6 Å². The minimum atomic E-state index is -0.622. The van der Waals surface area contributed by atoms with E-state index in [-0.39, 0.29) is 34.9 Å². The monoisotopic (exact) mass is 422 g/mol. The molecule has 2 atom stereocenters. The number of rotatable bonds is 4. The van der Waals surface area contributed by atoms with Gasteiger partial charge in [0.1, 0.15) is 6.33 Å². The fraction of sp³-hybridized carbons (Fsp3) is 0.286. The maximum Gasteiger partial charge on any atom is 0.206 e. The molecule has 1 aliphatic heterocycles. The van der Waals surface area contributed by atoms with E-state index in [1.165, 1.54) is 11.0 Å². The Balaban J connectivity index is 1.59. The number of morpholine rings is 1. The molecule has 10 heteroatoms. The molecule has 0 aliphatic carbocycles. The molecule has 5 rings (SSSR count). The molecule has 1 fully saturated rings. The van der Waals surface area contributed by atoms with Crippen molar-refractivity contribution < 1.29 is 18.4 Å². The van der Waals surface area contributed by atoms with Crippen molar-refractivity contribution in [1.29, 1.82) is 0 Å². The Kier molecular flexibility index (Phi) is 4.70. The first-order valence-electron chi connectivity index (χ1n) is 9.84. The fourth-order valence-corrected chi connectivity index (χ4v) is 4.00. The fourth-order valence-electron chi connectivity index (χ4n) is 4.00. The zero-order valence-electron chi connectivity index (χ0n) is 16.9. The van der Waals surface area contributed by atoms with Gasteiger partial charge in [-0.1, -0.05) is 5.16 Å². The molecule has 4 aromatic rings. The standard InChI is InChI=1S/C21H19FN6O3/c1-12-7-27(8-13(2)30-12)19-14(10-29)5-16-20(18(19)22)31-26-21(16)28-9-15(6-25-28)17-3-4-23-11-24-17/h3-6,9-13H,7-8H2,1-2H3. The van der Waals surface area contributed by atoms with Crippen molar-refractivity contribution >= 4 is 22.9 Å². The molecule has 0 N–H and O–H groups in total. The highest BCUT2D eigenvalue weighted by Gasteiger charge is 2.29. The normalized spacial score (nSPS) is 19.1. The highest BCUT2D eigenvalue weighted by atomic mass is 19.1. The molecule has 0 bridgehead atoms. The van der Waals surface area contributed by atoms with Crippen LogP contribution < -0.4 is 4.90 Å². The number of carbonyl (C=O) groups excluding carboxylic acids is 1. The predicted molar refractivity (Wildman–Crippen MR) is 110 cm³/mol. The summed E-state index contributed by atoms with van der Waals surface area (Å²) >= 11 is 0. The minimum Gasteiger partial charge on any atom is -0.372 e. The molecule has 31 heavy (non-hydrogen) atoms. The summed E-state index contributed by atoms with van der Waals surface area (Å²) in [6.07, 6.45) is 6.86. The molecule has 1 aliphatic rings. The number of anilines is 1. The van der Waals surface area contributed by atoms with Crippen LogP contribution in [0.3, 0.4) is 0 Å². The van der Waals surface area contributed by atoms with Crippen LogP contribution in [-0.2, 0) is 4.74 Å². The van der Waals surface area contributed by atoms with Crippen LogP contribution in [0.4, 0.5) is 10.1 Å². The molecule has 0 amide bonds. The Morgan fingerprint density at radius 2 is 2.06 bits per heavy atom. The molecule has 4 heterocycles. The number of fused-ring (bicyclic) bond motifs is 1. The van der Waals surface area contributed by atoms with Gasteiger partial charge in [-0.2, -0.15) is 5.10 Å². The number of carbonyl (C=O) groups is 1. The summed E-state index contributed by atoms with van der Waals surface area (Å²) in [5.41, 5.74) is 1.82. The Bertz CT molecular complexity index is 1240. The largest absolute Gasteiger partial charge is 0.372 e. The van der Waals surface area contributed by atoms with Gasteiger partial charge in [-0.3, -0.25) is 4.79 Å². The topological polar surface area (TPSA) is 99.2 Å². The Morgan fingerprint density at radius 1 is 1.26 bits per heavy atom. The van der Waals surface area contributed by atoms with Crippen LogP contribution in [-0.4, -0.2) is 56.5 Å². The molecule has 3 aromatic heterocycles. The molecule has 9 nitrogen and oxygen atoms in total. The second kappa shape index (κ2) is 7.55. The van der Waals surface area contributed by atoms with Crippen LogP contribution in [0.25, 0.3) is 28.0 Å². The van der Waals surface area contributed by atoms with Gasteiger partial charge >= 0.3 is 0 Å². The van der Waals surface area contributed by atoms with Crippen LogP contribution in [0.1, 0.15) is 24.2 Å². The zero-order valence-corrected chi connectivity index (χ0v) is 16.9. The molecular formula is C21H19FN6O3. The van der Waals surface area contributed by atoms with Crippen molar-refractivity contribution in [2.45, 2.75) is 26.1 Å². The van der Waals surface area contributed by atoms with Gasteiger partial charge in [0.05, 0.1) is 35.2 Å². The van der Waals surface area contributed by atoms with Crippen LogP contribution >= 0.6 is 0 Å². The minimum absolute atomic E-state index is 0.0264. The van der Waals surface area contributed by atoms with Gasteiger partial charge < -0.3 is 14.2 Å². The molecule has 158 valence electrons. The lowest BCUT2D eigenvalue weighted by molar-refractivity contribution is -0.00543. The Labute approximate surface area is 176 Å². The average Bonchev–Trinajstić information content (AvgIpc) is 3.40. The molecule has 1 aromatic carbocycles. The lowest BCUT2D eigenvalue weighted by Gasteiger charge is -2.37. The van der Waals surface area contributed by atoms with Crippen LogP contribution in [0.5, 0.6) is 0 Å². The zero-order chi connectivity index (χ0) is 21.5. The lowest BCUT2D eigenvalue weighted by atomic mass is 10.1. The lowest BCUT2D eigenvalue weighted by Crippen LogP contribution is -2.46. The smallest absolute Gasteiger partial charge is 0.206 e. The average molecular weight is 422 g/mol. The van der Waals surface area contributed by atoms with Gasteiger partial charge in [0.15, 0.2) is 12.1 Å². The van der Waals surface area contributed by atoms with Crippen molar-refractivity contribution in [2.24, 2.45) is 0 Å². The van der Waals surface area contributed by atoms with E-state index < -0.39 is 5.82 Å². The highest BCUT2D eigenvalue weighted by Crippen LogP contribution is 2.35. The number of nitrogens with zero attached hydrogens (tertiary/aromatic N) is 6. The van der Waals surface area contributed by atoms with E-state index in [1.807, 2.05) is 18.7 Å². The number of aromatic nitrogens is 5. The van der Waals surface area contributed by atoms with Crippen LogP contribution in [0, 0.1) is 5.82 Å². The van der Waals surface area contributed by atoms with Crippen molar-refractivity contribution in [2.75, 3.05) is 18.0 Å². The number of benzene rings is 1. The van der Waals surface area contributed by atoms with Crippen molar-refractivity contribution in [3.8, 4) is 17.1 Å². The SMILES string of the molecule is CC1CN(c2c(C=O)cc3c(-n4cc(-c5ccncn5)cn4)noc3c2F)CC(C)O1. The predicted octanol–water partition coefficient (Wildman–Crippen LogP) is 3.04. The van der Waals surface area contributed by atoms with E-state index in [0.717, 1.165) is 5.56 Å². The van der Waals surface area contributed by atoms with E-state index in [2.05, 4.69) is 20.2 Å². The Morgan fingerprint density at radius 3 is 2.77 bits per heavy atom. The molecule has 0 radical (unpaired) electrons. The quantitative estimate of drug-likeness (QED) is 0.463. The maximum absolute atomic E-state index is 15.5. The Hall–Kier alpha value is -3.66. The summed E-state index contributed by atoms with van der Waals surface area (Å²) < 4.78 is 28.1. The van der Waals surface area contributed by atoms with E-state index in [4.69, 9.17) is 9.26 Å². The van der Waals surface area contributed by atoms with E-state index in [1.54, 1.807) is 30.7 Å². The van der Waals surface area contributed by atoms with E-state index in [9.17, 15) is 4.79 Å². The second-order valence-corrected chi connectivity index (χ2v) is 7.56. The van der Waals surface area contributed by atoms with Gasteiger partial charge in [-0.25, -0.2) is 19.0 Å². The molecule has 0 saturated carbocycles. The van der Waals surface area contributed by atoms with Gasteiger partial charge in [0, 0.05) is 36.6 Å². The summed E-state index contributed by atoms with van der Waals surface area (Å²) in [5, 5.41) is 8.67. The van der Waals surface area contributed by atoms with Gasteiger partial charge in [0.25, 0.3) is 0 Å². The number of aldehydes is 1. The number of hydrogen-bond donors (Lipinski definition) is 0. The third-order valence-electron chi connectivity index (χ3n) is 5.23. The van der Waals surface area contributed by atoms with Crippen molar-refractivity contribution in [1.82, 2.24) is 24.9 Å². The number of hydrogen-bond acceptors (Lipinski definition) is 8. The molecule has 2 unspecified atom stereocenters. The van der Waals surface area contributed by atoms with Crippen molar-refractivity contribution in [3.63, 3.8) is 0 Å². The third kappa shape index (κ3) is 3.34. The maximum atomic E-state index is 15.5. The second-order valence-electron chi connectivity index (χ2n) is 7.56. The number of ether oxygens (including phenoxy) is 1. The summed E-state index contributed by atoms with van der Waals surface area (Å²) in [4.78, 5) is 21.8. The van der Waals surface area contributed by atoms with Crippen LogP contribution in [0.2, 0.25) is 0 Å². The first-order valence-corrected chi connectivity index (χ1v) is 9.84. The van der Waals surface area contributed by atoms with E-state index >= 15 is 4.39 Å². The van der Waals surface area contributed by atoms with Gasteiger partial charge in [0.2, 0.25) is 11.4 Å². The molecular weight excluding hydrogens is 403 g/mol. The summed E-state index contributed by atoms with van der Waals surface area (Å²) in [6, 6.07) is 3.34. The van der Waals surface area contributed by atoms with E-state index in [0.29, 0.717) is 30.5 Å². The first-order chi connectivity index (χ1) is 15.0. The molecule has 0 spiro atoms. The summed E-state index contributed by atoms with van der Waals surface area (Å²) in [6.45, 7) is 4.77. The van der Waals surface area contributed by atoms with Gasteiger partial charge in [-0.15, -0.1) is 0 Å². The third-order valence-corrected chi connectivity index (χ3v) is 5.23. The number of halogens is 1. The van der Waals surface area contributed by atoms with Crippen molar-refractivity contribution in [3.05, 3.63) is 48.4 Å². The highest BCUT2D eigenvalue weighted by molar-refractivity contribution is 5.97. The summed E-state index contributed by atoms with van der Waals surface area (Å²) in [5.74, 6) is -0.338. The summed E-state index contributed by atoms with van der Waals surface area (Å²) in [7, 11) is 0. The van der Waals surface area contributed by atoms with Gasteiger partial charge in [-0.05, 0) is 26.0 Å². The first kappa shape index (κ1) is 19.3.